The highest BCUT2D eigenvalue weighted by atomic mass is 16.3. The fraction of sp³-hybridized carbons (Fsp3) is 0.485. The van der Waals surface area contributed by atoms with Crippen LogP contribution in [0.2, 0.25) is 0 Å². The summed E-state index contributed by atoms with van der Waals surface area (Å²) >= 11 is 0. The van der Waals surface area contributed by atoms with Gasteiger partial charge in [-0.1, -0.05) is 70.7 Å². The molecule has 0 spiro atoms. The first-order valence-electron chi connectivity index (χ1n) is 48.2. The SMILES string of the molecule is C=CC(=C)Nc1cccc(Nc2nc(N3CCCC[C@H]3CCO)nc3c2ncn3C(C)C)c1.C=CC(=C)Nc1cccc(Nc2nc(NC3CCC(N(C)C)CC3)nc3c(CC)cnn23)c1.C=CC(=O)NC1CCCC(Nc2nc(NC3CCC(N(C)C)CC3)nc3c2ncn3C(C)C)C1.C=CC(=O)NCc1cccc(Nc2nc(NC3CCC(N(C)C)CC3)nc3c2ncn3C(C)C)c1. The largest absolute Gasteiger partial charge is 0.396 e. The number of anilines is 13. The Hall–Kier alpha value is -12.9. The van der Waals surface area contributed by atoms with Crippen molar-refractivity contribution < 1.29 is 14.7 Å². The van der Waals surface area contributed by atoms with Crippen LogP contribution in [0.5, 0.6) is 0 Å². The van der Waals surface area contributed by atoms with Gasteiger partial charge in [0.2, 0.25) is 41.6 Å². The number of piperidine rings is 1. The third-order valence-corrected chi connectivity index (χ3v) is 26.1. The van der Waals surface area contributed by atoms with Crippen molar-refractivity contribution in [1.29, 1.82) is 0 Å². The smallest absolute Gasteiger partial charge is 0.243 e. The molecule has 4 aliphatic carbocycles. The number of carbonyl (C=O) groups excluding carboxylic acids is 2. The molecule has 5 fully saturated rings. The number of carbonyl (C=O) groups is 2. The van der Waals surface area contributed by atoms with Crippen molar-refractivity contribution >= 4 is 127 Å². The second-order valence-electron chi connectivity index (χ2n) is 37.5. The van der Waals surface area contributed by atoms with Crippen molar-refractivity contribution in [2.45, 2.75) is 262 Å². The number of hydrogen-bond acceptors (Lipinski definition) is 28. The van der Waals surface area contributed by atoms with E-state index in [0.29, 0.717) is 90.6 Å². The van der Waals surface area contributed by atoms with Gasteiger partial charge >= 0.3 is 0 Å². The third-order valence-electron chi connectivity index (χ3n) is 26.1. The van der Waals surface area contributed by atoms with Crippen LogP contribution in [-0.2, 0) is 22.6 Å². The Labute approximate surface area is 795 Å². The molecule has 135 heavy (non-hydrogen) atoms. The van der Waals surface area contributed by atoms with E-state index in [9.17, 15) is 14.7 Å². The highest BCUT2D eigenvalue weighted by Gasteiger charge is 2.32. The highest BCUT2D eigenvalue weighted by Crippen LogP contribution is 2.37. The summed E-state index contributed by atoms with van der Waals surface area (Å²) in [5.41, 5.74) is 13.5. The molecule has 2 unspecified atom stereocenters. The summed E-state index contributed by atoms with van der Waals surface area (Å²) in [6, 6.07) is 28.1. The van der Waals surface area contributed by atoms with Crippen molar-refractivity contribution in [2.75, 3.05) is 108 Å². The van der Waals surface area contributed by atoms with Gasteiger partial charge in [0, 0.05) is 138 Å². The summed E-state index contributed by atoms with van der Waals surface area (Å²) in [5, 5.41) is 51.2. The Bertz CT molecular complexity index is 5840. The van der Waals surface area contributed by atoms with Gasteiger partial charge in [0.15, 0.2) is 56.6 Å². The molecule has 1 saturated heterocycles. The van der Waals surface area contributed by atoms with Crippen LogP contribution in [0.3, 0.4) is 0 Å². The number of benzene rings is 3. The maximum absolute atomic E-state index is 11.8. The maximum atomic E-state index is 11.8. The summed E-state index contributed by atoms with van der Waals surface area (Å²) in [6.45, 7) is 38.7. The molecule has 11 aromatic rings. The lowest BCUT2D eigenvalue weighted by molar-refractivity contribution is -0.117. The molecule has 0 radical (unpaired) electrons. The van der Waals surface area contributed by atoms with Crippen LogP contribution in [0.15, 0.2) is 173 Å². The monoisotopic (exact) mass is 1840 g/mol. The standard InChI is InChI=1S/C26H36N8O.C25H40N8O.C25H34N8.C25H33N7O/c1-6-22(35)27-15-18-8-7-9-20(14-18)29-24-23-25(34(16-28-23)17(2)3)32-26(31-24)30-19-10-12-21(13-11-19)33(4)5;1-6-21(34)27-18-8-7-9-19(14-18)28-23-22-24(33(15-26-22)16(2)3)31-25(30-23)29-17-10-12-20(13-11-17)32(4)5;1-6-17(3)27-20-9-8-10-21(15-20)29-25-31-24(30-23-18(7-2)16-26-33(23)25)28-19-11-13-22(14-12-19)32(4)5;1-5-18(4)27-19-9-8-10-20(15-19)28-23-22-24(32(16-26-22)17(2)3)30-25(29-23)31-13-7-6-11-21(31)12-14-33/h6-9,14,16-17,19,21H,1,10-13,15H2,2-5H3,(H,27,35)(H2,29,30,31,32);6,15-20H,1,7-14H2,2-5H3,(H,27,34)(H2,28,29,30,31);6,8-10,15-16,19,22,27H,1,3,7,11-14H2,2,4-5H3,(H2,28,29,30,31);5,8-10,15-17,21,27,33H,1,4,6-7,11-14H2,2-3H3,(H,28,29,30)/t;;;21-/m...0/s1. The van der Waals surface area contributed by atoms with E-state index in [4.69, 9.17) is 39.9 Å². The number of aromatic nitrogens is 16. The Balaban J connectivity index is 0.000000152. The first-order valence-corrected chi connectivity index (χ1v) is 48.2. The van der Waals surface area contributed by atoms with Crippen LogP contribution in [0, 0.1) is 0 Å². The summed E-state index contributed by atoms with van der Waals surface area (Å²) in [4.78, 5) is 85.4. The number of rotatable bonds is 35. The Morgan fingerprint density at radius 1 is 0.474 bits per heavy atom. The lowest BCUT2D eigenvalue weighted by Crippen LogP contribution is -2.41. The minimum Gasteiger partial charge on any atom is -0.396 e. The first-order chi connectivity index (χ1) is 65.1. The van der Waals surface area contributed by atoms with Gasteiger partial charge in [0.25, 0.3) is 0 Å². The van der Waals surface area contributed by atoms with E-state index in [-0.39, 0.29) is 54.7 Å². The van der Waals surface area contributed by atoms with E-state index < -0.39 is 0 Å². The predicted molar refractivity (Wildman–Crippen MR) is 549 cm³/mol. The van der Waals surface area contributed by atoms with Crippen molar-refractivity contribution in [3.8, 4) is 0 Å². The summed E-state index contributed by atoms with van der Waals surface area (Å²) in [7, 11) is 13.0. The van der Waals surface area contributed by atoms with Crippen molar-refractivity contribution in [1.82, 2.24) is 103 Å². The Morgan fingerprint density at radius 2 is 0.926 bits per heavy atom. The molecule has 2 amide bonds. The van der Waals surface area contributed by atoms with Gasteiger partial charge in [-0.2, -0.15) is 49.5 Å². The molecule has 720 valence electrons. The quantitative estimate of drug-likeness (QED) is 0.0130. The minimum absolute atomic E-state index is 0.110. The van der Waals surface area contributed by atoms with Crippen LogP contribution in [0.25, 0.3) is 39.1 Å². The highest BCUT2D eigenvalue weighted by molar-refractivity contribution is 5.90. The number of allylic oxidation sites excluding steroid dienone is 2. The average Bonchev–Trinajstić information content (AvgIpc) is 1.69. The molecule has 9 heterocycles. The second-order valence-corrected chi connectivity index (χ2v) is 37.5. The van der Waals surface area contributed by atoms with Gasteiger partial charge in [0.1, 0.15) is 0 Å². The molecule has 34 heteroatoms. The van der Waals surface area contributed by atoms with E-state index in [0.717, 1.165) is 205 Å². The topological polar surface area (TPSA) is 374 Å². The van der Waals surface area contributed by atoms with Crippen molar-refractivity contribution in [2.24, 2.45) is 0 Å². The number of imidazole rings is 3. The molecule has 3 aromatic carbocycles. The Morgan fingerprint density at radius 3 is 1.41 bits per heavy atom. The molecule has 16 rings (SSSR count). The summed E-state index contributed by atoms with van der Waals surface area (Å²) in [5.74, 6) is 5.02. The van der Waals surface area contributed by atoms with Crippen LogP contribution in [0.1, 0.15) is 206 Å². The van der Waals surface area contributed by atoms with Gasteiger partial charge in [-0.15, -0.1) is 0 Å². The Kier molecular flexibility index (Phi) is 34.9. The zero-order valence-electron chi connectivity index (χ0n) is 81.4. The van der Waals surface area contributed by atoms with Crippen molar-refractivity contribution in [3.63, 3.8) is 0 Å². The van der Waals surface area contributed by atoms with E-state index in [1.54, 1.807) is 16.7 Å². The minimum atomic E-state index is -0.199. The van der Waals surface area contributed by atoms with Crippen LogP contribution in [0.4, 0.5) is 75.6 Å². The van der Waals surface area contributed by atoms with Crippen molar-refractivity contribution in [3.05, 3.63) is 184 Å². The molecule has 34 nitrogen and oxygen atoms in total. The molecule has 5 aliphatic rings. The first kappa shape index (κ1) is 99.6. The maximum Gasteiger partial charge on any atom is 0.243 e. The number of fused-ring (bicyclic) bond motifs is 4. The van der Waals surface area contributed by atoms with Gasteiger partial charge in [-0.3, -0.25) is 9.59 Å². The van der Waals surface area contributed by atoms with Crippen LogP contribution in [-0.4, -0.2) is 220 Å². The number of hydrogen-bond donors (Lipinski definition) is 12. The third kappa shape index (κ3) is 26.6. The van der Waals surface area contributed by atoms with E-state index >= 15 is 0 Å². The van der Waals surface area contributed by atoms with E-state index in [1.165, 1.54) is 37.8 Å². The predicted octanol–water partition coefficient (Wildman–Crippen LogP) is 17.8. The van der Waals surface area contributed by atoms with Gasteiger partial charge in [-0.05, 0) is 297 Å². The lowest BCUT2D eigenvalue weighted by atomic mass is 9.90. The normalized spacial score (nSPS) is 19.6. The number of aryl methyl sites for hydroxylation is 1. The van der Waals surface area contributed by atoms with Gasteiger partial charge < -0.3 is 96.9 Å². The van der Waals surface area contributed by atoms with Gasteiger partial charge in [0.05, 0.1) is 25.2 Å². The number of amides is 2. The average molecular weight is 1840 g/mol. The van der Waals surface area contributed by atoms with E-state index in [2.05, 4.69) is 242 Å². The molecule has 8 aromatic heterocycles. The molecular formula is C101H143N31O3. The molecular weight excluding hydrogens is 1700 g/mol. The molecule has 12 N–H and O–H groups in total. The zero-order valence-corrected chi connectivity index (χ0v) is 81.4. The molecule has 0 bridgehead atoms. The lowest BCUT2D eigenvalue weighted by Gasteiger charge is -2.35. The second kappa shape index (κ2) is 47.3. The molecule has 4 saturated carbocycles. The molecule has 3 atom stereocenters. The summed E-state index contributed by atoms with van der Waals surface area (Å²) in [6.07, 6.45) is 35.8. The number of nitrogens with one attached hydrogen (secondary N) is 11. The van der Waals surface area contributed by atoms with Gasteiger partial charge in [-0.25, -0.2) is 15.0 Å². The number of nitrogens with zero attached hydrogens (tertiary/aromatic N) is 20. The number of aliphatic hydroxyl groups is 1. The van der Waals surface area contributed by atoms with Crippen LogP contribution < -0.4 is 63.4 Å². The summed E-state index contributed by atoms with van der Waals surface area (Å²) < 4.78 is 8.01. The fourth-order valence-electron chi connectivity index (χ4n) is 18.3. The molecule has 1 aliphatic heterocycles. The van der Waals surface area contributed by atoms with E-state index in [1.807, 2.05) is 98.0 Å². The number of aliphatic hydroxyl groups excluding tert-OH is 1. The fourth-order valence-corrected chi connectivity index (χ4v) is 18.3. The zero-order chi connectivity index (χ0) is 95.9. The van der Waals surface area contributed by atoms with Crippen LogP contribution >= 0.6 is 0 Å².